The predicted octanol–water partition coefficient (Wildman–Crippen LogP) is 3.39. The van der Waals surface area contributed by atoms with Gasteiger partial charge in [0, 0.05) is 32.3 Å². The van der Waals surface area contributed by atoms with Gasteiger partial charge in [0.25, 0.3) is 5.91 Å². The molecule has 7 heteroatoms. The van der Waals surface area contributed by atoms with E-state index in [9.17, 15) is 9.18 Å². The third-order valence-electron chi connectivity index (χ3n) is 4.73. The Morgan fingerprint density at radius 3 is 2.96 bits per heavy atom. The van der Waals surface area contributed by atoms with Crippen LogP contribution >= 0.6 is 11.6 Å². The van der Waals surface area contributed by atoms with E-state index in [1.54, 1.807) is 17.3 Å². The van der Waals surface area contributed by atoms with Gasteiger partial charge in [-0.15, -0.1) is 0 Å². The van der Waals surface area contributed by atoms with Gasteiger partial charge in [-0.2, -0.15) is 0 Å². The van der Waals surface area contributed by atoms with E-state index in [0.717, 1.165) is 23.3 Å². The van der Waals surface area contributed by atoms with Crippen LogP contribution in [0.5, 0.6) is 0 Å². The molecule has 3 aromatic rings. The van der Waals surface area contributed by atoms with Crippen molar-refractivity contribution < 1.29 is 9.18 Å². The summed E-state index contributed by atoms with van der Waals surface area (Å²) in [6.45, 7) is 1.05. The van der Waals surface area contributed by atoms with Crippen molar-refractivity contribution in [2.45, 2.75) is 12.3 Å². The highest BCUT2D eigenvalue weighted by atomic mass is 35.5. The van der Waals surface area contributed by atoms with E-state index >= 15 is 0 Å². The van der Waals surface area contributed by atoms with Gasteiger partial charge in [0.15, 0.2) is 0 Å². The van der Waals surface area contributed by atoms with E-state index in [-0.39, 0.29) is 22.4 Å². The maximum atomic E-state index is 14.0. The zero-order chi connectivity index (χ0) is 17.6. The SMILES string of the molecule is Cn1c([C@@H]2CCN(C(=O)c3c(F)cccc3Cl)C2)nc2ccncc21. The maximum Gasteiger partial charge on any atom is 0.258 e. The number of carbonyl (C=O) groups is 1. The molecule has 1 saturated heterocycles. The summed E-state index contributed by atoms with van der Waals surface area (Å²) in [6, 6.07) is 6.15. The molecule has 128 valence electrons. The number of halogens is 2. The van der Waals surface area contributed by atoms with Crippen LogP contribution in [0.25, 0.3) is 11.0 Å². The second-order valence-corrected chi connectivity index (χ2v) is 6.63. The summed E-state index contributed by atoms with van der Waals surface area (Å²) in [7, 11) is 1.95. The summed E-state index contributed by atoms with van der Waals surface area (Å²) in [5.41, 5.74) is 1.79. The van der Waals surface area contributed by atoms with Gasteiger partial charge in [0.05, 0.1) is 27.8 Å². The normalized spacial score (nSPS) is 17.4. The third-order valence-corrected chi connectivity index (χ3v) is 5.05. The highest BCUT2D eigenvalue weighted by Crippen LogP contribution is 2.31. The standard InChI is InChI=1S/C18H16ClFN4O/c1-23-15-9-21-7-5-14(15)22-17(23)11-6-8-24(10-11)18(25)16-12(19)3-2-4-13(16)20/h2-5,7,9,11H,6,8,10H2,1H3/t11-/m1/s1. The van der Waals surface area contributed by atoms with Gasteiger partial charge in [-0.1, -0.05) is 17.7 Å². The lowest BCUT2D eigenvalue weighted by atomic mass is 10.1. The molecule has 0 radical (unpaired) electrons. The van der Waals surface area contributed by atoms with Crippen LogP contribution in [0.15, 0.2) is 36.7 Å². The highest BCUT2D eigenvalue weighted by molar-refractivity contribution is 6.33. The molecular weight excluding hydrogens is 343 g/mol. The van der Waals surface area contributed by atoms with Crippen molar-refractivity contribution in [3.05, 3.63) is 58.9 Å². The van der Waals surface area contributed by atoms with Gasteiger partial charge in [-0.05, 0) is 24.6 Å². The van der Waals surface area contributed by atoms with Crippen molar-refractivity contribution in [2.75, 3.05) is 13.1 Å². The first-order chi connectivity index (χ1) is 12.1. The molecule has 4 rings (SSSR count). The predicted molar refractivity (Wildman–Crippen MR) is 93.2 cm³/mol. The summed E-state index contributed by atoms with van der Waals surface area (Å²) in [6.07, 6.45) is 4.27. The molecule has 5 nitrogen and oxygen atoms in total. The Hall–Kier alpha value is -2.47. The summed E-state index contributed by atoms with van der Waals surface area (Å²) in [5, 5.41) is 0.141. The van der Waals surface area contributed by atoms with E-state index in [1.807, 2.05) is 17.7 Å². The molecule has 0 unspecified atom stereocenters. The van der Waals surface area contributed by atoms with Crippen molar-refractivity contribution in [2.24, 2.45) is 7.05 Å². The molecule has 0 bridgehead atoms. The number of benzene rings is 1. The first kappa shape index (κ1) is 16.0. The summed E-state index contributed by atoms with van der Waals surface area (Å²) < 4.78 is 16.0. The fourth-order valence-electron chi connectivity index (χ4n) is 3.43. The second kappa shape index (κ2) is 6.11. The number of aryl methyl sites for hydroxylation is 1. The van der Waals surface area contributed by atoms with Gasteiger partial charge < -0.3 is 9.47 Å². The van der Waals surface area contributed by atoms with Crippen LogP contribution in [-0.4, -0.2) is 38.4 Å². The molecule has 1 atom stereocenters. The Balaban J connectivity index is 1.61. The summed E-state index contributed by atoms with van der Waals surface area (Å²) in [5.74, 6) is 0.0608. The van der Waals surface area contributed by atoms with Crippen molar-refractivity contribution >= 4 is 28.5 Å². The first-order valence-electron chi connectivity index (χ1n) is 8.06. The van der Waals surface area contributed by atoms with Crippen molar-refractivity contribution in [1.82, 2.24) is 19.4 Å². The van der Waals surface area contributed by atoms with Crippen LogP contribution in [-0.2, 0) is 7.05 Å². The van der Waals surface area contributed by atoms with Crippen LogP contribution in [0.2, 0.25) is 5.02 Å². The van der Waals surface area contributed by atoms with Crippen LogP contribution < -0.4 is 0 Å². The van der Waals surface area contributed by atoms with Crippen LogP contribution in [0, 0.1) is 5.82 Å². The lowest BCUT2D eigenvalue weighted by molar-refractivity contribution is 0.0786. The van der Waals surface area contributed by atoms with Gasteiger partial charge >= 0.3 is 0 Å². The quantitative estimate of drug-likeness (QED) is 0.705. The number of amides is 1. The first-order valence-corrected chi connectivity index (χ1v) is 8.43. The number of pyridine rings is 1. The number of hydrogen-bond acceptors (Lipinski definition) is 3. The zero-order valence-corrected chi connectivity index (χ0v) is 14.4. The fraction of sp³-hybridized carbons (Fsp3) is 0.278. The molecular formula is C18H16ClFN4O. The van der Waals surface area contributed by atoms with E-state index < -0.39 is 5.82 Å². The van der Waals surface area contributed by atoms with Crippen LogP contribution in [0.3, 0.4) is 0 Å². The van der Waals surface area contributed by atoms with Crippen LogP contribution in [0.4, 0.5) is 4.39 Å². The molecule has 1 aliphatic rings. The molecule has 1 aliphatic heterocycles. The minimum Gasteiger partial charge on any atom is -0.338 e. The average molecular weight is 359 g/mol. The van der Waals surface area contributed by atoms with E-state index in [4.69, 9.17) is 11.6 Å². The lowest BCUT2D eigenvalue weighted by Crippen LogP contribution is -2.29. The number of rotatable bonds is 2. The molecule has 3 heterocycles. The van der Waals surface area contributed by atoms with Crippen LogP contribution in [0.1, 0.15) is 28.5 Å². The molecule has 1 aromatic carbocycles. The fourth-order valence-corrected chi connectivity index (χ4v) is 3.68. The molecule has 0 N–H and O–H groups in total. The van der Waals surface area contributed by atoms with Crippen molar-refractivity contribution in [3.8, 4) is 0 Å². The monoisotopic (exact) mass is 358 g/mol. The van der Waals surface area contributed by atoms with Gasteiger partial charge in [-0.25, -0.2) is 9.37 Å². The Labute approximate surface area is 149 Å². The van der Waals surface area contributed by atoms with E-state index in [0.29, 0.717) is 13.1 Å². The average Bonchev–Trinajstić information content (AvgIpc) is 3.20. The van der Waals surface area contributed by atoms with Gasteiger partial charge in [-0.3, -0.25) is 9.78 Å². The minimum absolute atomic E-state index is 0.0565. The number of nitrogens with zero attached hydrogens (tertiary/aromatic N) is 4. The highest BCUT2D eigenvalue weighted by Gasteiger charge is 2.32. The third kappa shape index (κ3) is 2.66. The molecule has 0 saturated carbocycles. The lowest BCUT2D eigenvalue weighted by Gasteiger charge is -2.17. The second-order valence-electron chi connectivity index (χ2n) is 6.23. The number of hydrogen-bond donors (Lipinski definition) is 0. The molecule has 2 aromatic heterocycles. The largest absolute Gasteiger partial charge is 0.338 e. The number of aromatic nitrogens is 3. The Morgan fingerprint density at radius 1 is 1.36 bits per heavy atom. The van der Waals surface area contributed by atoms with E-state index in [2.05, 4.69) is 9.97 Å². The molecule has 25 heavy (non-hydrogen) atoms. The molecule has 0 spiro atoms. The van der Waals surface area contributed by atoms with Crippen molar-refractivity contribution in [1.29, 1.82) is 0 Å². The molecule has 0 aliphatic carbocycles. The zero-order valence-electron chi connectivity index (χ0n) is 13.6. The van der Waals surface area contributed by atoms with E-state index in [1.165, 1.54) is 18.2 Å². The van der Waals surface area contributed by atoms with Gasteiger partial charge in [0.2, 0.25) is 0 Å². The smallest absolute Gasteiger partial charge is 0.258 e. The topological polar surface area (TPSA) is 51.0 Å². The Bertz CT molecular complexity index is 951. The summed E-state index contributed by atoms with van der Waals surface area (Å²) >= 11 is 6.02. The number of likely N-dealkylation sites (tertiary alicyclic amines) is 1. The number of fused-ring (bicyclic) bond motifs is 1. The minimum atomic E-state index is -0.588. The molecule has 1 fully saturated rings. The molecule has 1 amide bonds. The Kier molecular flexibility index (Phi) is 3.92. The number of carbonyl (C=O) groups excluding carboxylic acids is 1. The van der Waals surface area contributed by atoms with Crippen molar-refractivity contribution in [3.63, 3.8) is 0 Å². The number of imidazole rings is 1. The maximum absolute atomic E-state index is 14.0. The summed E-state index contributed by atoms with van der Waals surface area (Å²) in [4.78, 5) is 23.1. The Morgan fingerprint density at radius 2 is 2.20 bits per heavy atom. The van der Waals surface area contributed by atoms with Gasteiger partial charge in [0.1, 0.15) is 11.6 Å².